The molecule has 3 aromatic rings. The van der Waals surface area contributed by atoms with Crippen molar-refractivity contribution >= 4 is 5.78 Å². The van der Waals surface area contributed by atoms with Crippen LogP contribution in [-0.2, 0) is 0 Å². The van der Waals surface area contributed by atoms with Gasteiger partial charge in [-0.25, -0.2) is 0 Å². The molecule has 1 N–H and O–H groups in total. The first-order valence-electron chi connectivity index (χ1n) is 6.76. The lowest BCUT2D eigenvalue weighted by atomic mass is 10.1. The van der Waals surface area contributed by atoms with Gasteiger partial charge in [0.15, 0.2) is 5.75 Å². The number of aromatic hydroxyl groups is 1. The first-order chi connectivity index (χ1) is 10.7. The minimum atomic E-state index is -0.349. The van der Waals surface area contributed by atoms with Crippen molar-refractivity contribution in [1.82, 2.24) is 0 Å². The van der Waals surface area contributed by atoms with Crippen LogP contribution in [0.25, 0.3) is 11.3 Å². The summed E-state index contributed by atoms with van der Waals surface area (Å²) in [7, 11) is 1.59. The van der Waals surface area contributed by atoms with Crippen LogP contribution >= 0.6 is 0 Å². The molecule has 0 amide bonds. The van der Waals surface area contributed by atoms with Gasteiger partial charge in [0, 0.05) is 17.2 Å². The van der Waals surface area contributed by atoms with Crippen molar-refractivity contribution in [2.45, 2.75) is 0 Å². The fourth-order valence-corrected chi connectivity index (χ4v) is 2.16. The maximum Gasteiger partial charge on any atom is 0.232 e. The summed E-state index contributed by atoms with van der Waals surface area (Å²) < 4.78 is 10.6. The van der Waals surface area contributed by atoms with E-state index < -0.39 is 0 Å². The molecule has 0 unspecified atom stereocenters. The van der Waals surface area contributed by atoms with E-state index >= 15 is 0 Å². The zero-order valence-electron chi connectivity index (χ0n) is 11.9. The van der Waals surface area contributed by atoms with Gasteiger partial charge in [-0.15, -0.1) is 0 Å². The Morgan fingerprint density at radius 1 is 1.05 bits per heavy atom. The van der Waals surface area contributed by atoms with Gasteiger partial charge in [0.05, 0.1) is 7.11 Å². The van der Waals surface area contributed by atoms with Crippen LogP contribution in [0.1, 0.15) is 16.1 Å². The lowest BCUT2D eigenvalue weighted by Crippen LogP contribution is -1.99. The molecule has 4 nitrogen and oxygen atoms in total. The topological polar surface area (TPSA) is 59.7 Å². The smallest absolute Gasteiger partial charge is 0.232 e. The van der Waals surface area contributed by atoms with E-state index in [-0.39, 0.29) is 17.3 Å². The van der Waals surface area contributed by atoms with E-state index in [1.165, 1.54) is 6.07 Å². The quantitative estimate of drug-likeness (QED) is 0.741. The van der Waals surface area contributed by atoms with Crippen LogP contribution in [0, 0.1) is 0 Å². The molecule has 4 heteroatoms. The molecular weight excluding hydrogens is 280 g/mol. The van der Waals surface area contributed by atoms with Gasteiger partial charge in [0.25, 0.3) is 0 Å². The highest BCUT2D eigenvalue weighted by atomic mass is 16.5. The average molecular weight is 294 g/mol. The molecule has 0 aliphatic heterocycles. The highest BCUT2D eigenvalue weighted by molar-refractivity contribution is 6.09. The van der Waals surface area contributed by atoms with Crippen LogP contribution in [-0.4, -0.2) is 18.0 Å². The Morgan fingerprint density at radius 3 is 2.36 bits per heavy atom. The number of methoxy groups -OCH3 is 1. The first-order valence-corrected chi connectivity index (χ1v) is 6.76. The third-order valence-electron chi connectivity index (χ3n) is 3.33. The molecule has 0 saturated heterocycles. The van der Waals surface area contributed by atoms with Gasteiger partial charge in [0.1, 0.15) is 11.5 Å². The predicted molar refractivity (Wildman–Crippen MR) is 82.2 cm³/mol. The average Bonchev–Trinajstić information content (AvgIpc) is 2.97. The second-order valence-electron chi connectivity index (χ2n) is 4.75. The zero-order valence-corrected chi connectivity index (χ0v) is 11.9. The lowest BCUT2D eigenvalue weighted by Gasteiger charge is -2.01. The van der Waals surface area contributed by atoms with Crippen LogP contribution in [0.4, 0.5) is 0 Å². The van der Waals surface area contributed by atoms with Gasteiger partial charge >= 0.3 is 0 Å². The molecule has 110 valence electrons. The minimum absolute atomic E-state index is 0.0583. The van der Waals surface area contributed by atoms with Crippen molar-refractivity contribution < 1.29 is 19.1 Å². The summed E-state index contributed by atoms with van der Waals surface area (Å²) in [6.45, 7) is 0. The zero-order chi connectivity index (χ0) is 15.5. The fraction of sp³-hybridized carbons (Fsp3) is 0.0556. The number of rotatable bonds is 4. The van der Waals surface area contributed by atoms with E-state index in [9.17, 15) is 9.90 Å². The molecule has 0 bridgehead atoms. The predicted octanol–water partition coefficient (Wildman–Crippen LogP) is 3.89. The first kappa shape index (κ1) is 13.9. The number of hydrogen-bond acceptors (Lipinski definition) is 4. The highest BCUT2D eigenvalue weighted by Gasteiger charge is 2.20. The van der Waals surface area contributed by atoms with Crippen LogP contribution < -0.4 is 4.74 Å². The van der Waals surface area contributed by atoms with Crippen LogP contribution in [0.3, 0.4) is 0 Å². The molecule has 0 fully saturated rings. The Kier molecular flexibility index (Phi) is 3.66. The Hall–Kier alpha value is -3.01. The van der Waals surface area contributed by atoms with Crippen molar-refractivity contribution in [3.05, 3.63) is 72.0 Å². The Balaban J connectivity index is 1.95. The molecule has 0 saturated carbocycles. The molecule has 1 aromatic heterocycles. The molecule has 2 aromatic carbocycles. The largest absolute Gasteiger partial charge is 0.504 e. The van der Waals surface area contributed by atoms with E-state index in [0.717, 1.165) is 11.3 Å². The van der Waals surface area contributed by atoms with Gasteiger partial charge in [-0.05, 0) is 24.3 Å². The molecule has 0 aliphatic rings. The SMILES string of the molecule is COc1ccc(-c2cc(O)c(C(=O)c3ccccc3)o2)cc1. The Bertz CT molecular complexity index is 786. The maximum absolute atomic E-state index is 12.3. The number of ketones is 1. The van der Waals surface area contributed by atoms with Gasteiger partial charge in [-0.1, -0.05) is 30.3 Å². The van der Waals surface area contributed by atoms with E-state index in [2.05, 4.69) is 0 Å². The molecule has 0 aliphatic carbocycles. The summed E-state index contributed by atoms with van der Waals surface area (Å²) in [6.07, 6.45) is 0. The summed E-state index contributed by atoms with van der Waals surface area (Å²) in [6, 6.07) is 17.3. The van der Waals surface area contributed by atoms with E-state index in [4.69, 9.17) is 9.15 Å². The fourth-order valence-electron chi connectivity index (χ4n) is 2.16. The number of carbonyl (C=O) groups is 1. The van der Waals surface area contributed by atoms with Crippen molar-refractivity contribution in [2.24, 2.45) is 0 Å². The highest BCUT2D eigenvalue weighted by Crippen LogP contribution is 2.32. The second kappa shape index (κ2) is 5.77. The van der Waals surface area contributed by atoms with Gasteiger partial charge < -0.3 is 14.3 Å². The van der Waals surface area contributed by atoms with E-state index in [0.29, 0.717) is 11.3 Å². The van der Waals surface area contributed by atoms with Crippen molar-refractivity contribution in [3.8, 4) is 22.8 Å². The number of ether oxygens (including phenoxy) is 1. The number of benzene rings is 2. The van der Waals surface area contributed by atoms with Gasteiger partial charge in [-0.3, -0.25) is 4.79 Å². The number of furan rings is 1. The normalized spacial score (nSPS) is 10.4. The second-order valence-corrected chi connectivity index (χ2v) is 4.75. The summed E-state index contributed by atoms with van der Waals surface area (Å²) in [5.74, 6) is 0.578. The Morgan fingerprint density at radius 2 is 1.73 bits per heavy atom. The molecule has 1 heterocycles. The van der Waals surface area contributed by atoms with Crippen molar-refractivity contribution in [1.29, 1.82) is 0 Å². The third kappa shape index (κ3) is 2.59. The van der Waals surface area contributed by atoms with E-state index in [1.54, 1.807) is 55.6 Å². The minimum Gasteiger partial charge on any atom is -0.504 e. The van der Waals surface area contributed by atoms with Crippen molar-refractivity contribution in [3.63, 3.8) is 0 Å². The summed E-state index contributed by atoms with van der Waals surface area (Å²) in [5, 5.41) is 9.99. The molecular formula is C18H14O4. The lowest BCUT2D eigenvalue weighted by molar-refractivity contribution is 0.101. The molecule has 3 rings (SSSR count). The summed E-state index contributed by atoms with van der Waals surface area (Å²) >= 11 is 0. The molecule has 0 spiro atoms. The van der Waals surface area contributed by atoms with E-state index in [1.807, 2.05) is 6.07 Å². The van der Waals surface area contributed by atoms with Crippen LogP contribution in [0.5, 0.6) is 11.5 Å². The Labute approximate surface area is 127 Å². The maximum atomic E-state index is 12.3. The summed E-state index contributed by atoms with van der Waals surface area (Å²) in [5.41, 5.74) is 1.22. The van der Waals surface area contributed by atoms with Gasteiger partial charge in [0.2, 0.25) is 11.5 Å². The molecule has 22 heavy (non-hydrogen) atoms. The van der Waals surface area contributed by atoms with Crippen molar-refractivity contribution in [2.75, 3.05) is 7.11 Å². The molecule has 0 radical (unpaired) electrons. The number of hydrogen-bond donors (Lipinski definition) is 1. The summed E-state index contributed by atoms with van der Waals surface area (Å²) in [4.78, 5) is 12.3. The van der Waals surface area contributed by atoms with Crippen LogP contribution in [0.2, 0.25) is 0 Å². The third-order valence-corrected chi connectivity index (χ3v) is 3.33. The van der Waals surface area contributed by atoms with Crippen LogP contribution in [0.15, 0.2) is 65.1 Å². The standard InChI is InChI=1S/C18H14O4/c1-21-14-9-7-12(8-10-14)16-11-15(19)18(22-16)17(20)13-5-3-2-4-6-13/h2-11,19H,1H3. The monoisotopic (exact) mass is 294 g/mol. The molecule has 0 atom stereocenters. The van der Waals surface area contributed by atoms with Gasteiger partial charge in [-0.2, -0.15) is 0 Å². The number of carbonyl (C=O) groups excluding carboxylic acids is 1.